The van der Waals surface area contributed by atoms with Gasteiger partial charge in [0, 0.05) is 12.8 Å². The van der Waals surface area contributed by atoms with Crippen LogP contribution in [0, 0.1) is 18.8 Å². The molecule has 0 aliphatic rings. The van der Waals surface area contributed by atoms with Crippen LogP contribution in [-0.2, 0) is 4.74 Å². The molecule has 1 aromatic heterocycles. The van der Waals surface area contributed by atoms with Crippen LogP contribution in [0.25, 0.3) is 0 Å². The molecule has 0 radical (unpaired) electrons. The highest BCUT2D eigenvalue weighted by Gasteiger charge is 1.88. The minimum absolute atomic E-state index is 0.434. The van der Waals surface area contributed by atoms with Gasteiger partial charge < -0.3 is 4.74 Å². The summed E-state index contributed by atoms with van der Waals surface area (Å²) < 4.78 is 4.78. The van der Waals surface area contributed by atoms with Gasteiger partial charge in [-0.25, -0.2) is 9.97 Å². The zero-order chi connectivity index (χ0) is 8.81. The molecule has 0 atom stereocenters. The van der Waals surface area contributed by atoms with Crippen molar-refractivity contribution < 1.29 is 4.74 Å². The zero-order valence-corrected chi connectivity index (χ0v) is 7.16. The average Bonchev–Trinajstić information content (AvgIpc) is 2.05. The van der Waals surface area contributed by atoms with E-state index in [2.05, 4.69) is 21.8 Å². The lowest BCUT2D eigenvalue weighted by Gasteiger charge is -1.90. The summed E-state index contributed by atoms with van der Waals surface area (Å²) in [5.41, 5.74) is 1.66. The molecule has 0 unspecified atom stereocenters. The predicted molar refractivity (Wildman–Crippen MR) is 45.5 cm³/mol. The Morgan fingerprint density at radius 1 is 1.50 bits per heavy atom. The van der Waals surface area contributed by atoms with Crippen LogP contribution in [0.4, 0.5) is 0 Å². The van der Waals surface area contributed by atoms with E-state index in [0.29, 0.717) is 6.61 Å². The lowest BCUT2D eigenvalue weighted by Crippen LogP contribution is -1.88. The third-order valence-corrected chi connectivity index (χ3v) is 1.24. The van der Waals surface area contributed by atoms with E-state index in [1.807, 2.05) is 13.0 Å². The van der Waals surface area contributed by atoms with E-state index < -0.39 is 0 Å². The summed E-state index contributed by atoms with van der Waals surface area (Å²) in [4.78, 5) is 7.93. The van der Waals surface area contributed by atoms with Crippen molar-refractivity contribution in [1.29, 1.82) is 0 Å². The van der Waals surface area contributed by atoms with Crippen molar-refractivity contribution >= 4 is 0 Å². The normalized spacial score (nSPS) is 8.83. The maximum Gasteiger partial charge on any atom is 0.117 e. The lowest BCUT2D eigenvalue weighted by molar-refractivity contribution is 0.240. The fraction of sp³-hybridized carbons (Fsp3) is 0.333. The summed E-state index contributed by atoms with van der Waals surface area (Å²) in [6.07, 6.45) is 1.51. The number of methoxy groups -OCH3 is 1. The van der Waals surface area contributed by atoms with Gasteiger partial charge in [-0.05, 0) is 18.9 Å². The minimum atomic E-state index is 0.434. The Balaban J connectivity index is 2.71. The molecule has 12 heavy (non-hydrogen) atoms. The van der Waals surface area contributed by atoms with Crippen LogP contribution < -0.4 is 0 Å². The summed E-state index contributed by atoms with van der Waals surface area (Å²) in [6.45, 7) is 2.34. The number of ether oxygens (including phenoxy) is 1. The first-order valence-electron chi connectivity index (χ1n) is 3.59. The van der Waals surface area contributed by atoms with Crippen molar-refractivity contribution in [1.82, 2.24) is 9.97 Å². The van der Waals surface area contributed by atoms with E-state index in [9.17, 15) is 0 Å². The summed E-state index contributed by atoms with van der Waals surface area (Å²) in [5, 5.41) is 0. The van der Waals surface area contributed by atoms with Gasteiger partial charge in [-0.3, -0.25) is 0 Å². The van der Waals surface area contributed by atoms with E-state index in [1.54, 1.807) is 7.11 Å². The molecule has 62 valence electrons. The van der Waals surface area contributed by atoms with Gasteiger partial charge in [-0.15, -0.1) is 0 Å². The van der Waals surface area contributed by atoms with Gasteiger partial charge >= 0.3 is 0 Å². The Morgan fingerprint density at radius 2 is 2.33 bits per heavy atom. The molecule has 3 nitrogen and oxygen atoms in total. The average molecular weight is 162 g/mol. The zero-order valence-electron chi connectivity index (χ0n) is 7.16. The smallest absolute Gasteiger partial charge is 0.117 e. The molecule has 0 aromatic carbocycles. The van der Waals surface area contributed by atoms with Crippen LogP contribution in [-0.4, -0.2) is 23.7 Å². The van der Waals surface area contributed by atoms with Crippen molar-refractivity contribution in [3.63, 3.8) is 0 Å². The first-order valence-corrected chi connectivity index (χ1v) is 3.59. The number of rotatable bonds is 1. The number of hydrogen-bond donors (Lipinski definition) is 0. The third-order valence-electron chi connectivity index (χ3n) is 1.24. The van der Waals surface area contributed by atoms with E-state index >= 15 is 0 Å². The molecular formula is C9H10N2O. The number of aryl methyl sites for hydroxylation is 1. The molecule has 0 spiro atoms. The molecule has 0 fully saturated rings. The molecule has 0 aliphatic heterocycles. The van der Waals surface area contributed by atoms with Crippen molar-refractivity contribution in [2.45, 2.75) is 6.92 Å². The fourth-order valence-corrected chi connectivity index (χ4v) is 0.722. The van der Waals surface area contributed by atoms with Gasteiger partial charge in [0.25, 0.3) is 0 Å². The number of aromatic nitrogens is 2. The highest BCUT2D eigenvalue weighted by atomic mass is 16.5. The Morgan fingerprint density at radius 3 is 3.00 bits per heavy atom. The van der Waals surface area contributed by atoms with Crippen LogP contribution in [0.2, 0.25) is 0 Å². The SMILES string of the molecule is COCC#Cc1cc(C)ncn1. The first kappa shape index (κ1) is 8.69. The molecule has 0 aliphatic carbocycles. The van der Waals surface area contributed by atoms with Gasteiger partial charge in [-0.2, -0.15) is 0 Å². The van der Waals surface area contributed by atoms with Gasteiger partial charge in [0.15, 0.2) is 0 Å². The van der Waals surface area contributed by atoms with E-state index in [0.717, 1.165) is 11.4 Å². The Bertz CT molecular complexity index is 312. The first-order chi connectivity index (χ1) is 5.83. The summed E-state index contributed by atoms with van der Waals surface area (Å²) in [6, 6.07) is 1.84. The Hall–Kier alpha value is -1.40. The van der Waals surface area contributed by atoms with Crippen LogP contribution >= 0.6 is 0 Å². The van der Waals surface area contributed by atoms with Crippen LogP contribution in [0.3, 0.4) is 0 Å². The number of nitrogens with zero attached hydrogens (tertiary/aromatic N) is 2. The summed E-state index contributed by atoms with van der Waals surface area (Å²) in [7, 11) is 1.61. The second-order valence-electron chi connectivity index (χ2n) is 2.28. The van der Waals surface area contributed by atoms with Crippen LogP contribution in [0.5, 0.6) is 0 Å². The summed E-state index contributed by atoms with van der Waals surface area (Å²) >= 11 is 0. The Labute approximate surface area is 71.8 Å². The van der Waals surface area contributed by atoms with Gasteiger partial charge in [0.1, 0.15) is 18.6 Å². The maximum absolute atomic E-state index is 4.78. The summed E-state index contributed by atoms with van der Waals surface area (Å²) in [5.74, 6) is 5.68. The molecule has 0 saturated heterocycles. The van der Waals surface area contributed by atoms with Crippen LogP contribution in [0.15, 0.2) is 12.4 Å². The molecule has 3 heteroatoms. The largest absolute Gasteiger partial charge is 0.372 e. The highest BCUT2D eigenvalue weighted by molar-refractivity contribution is 5.27. The van der Waals surface area contributed by atoms with Crippen molar-refractivity contribution in [3.8, 4) is 11.8 Å². The third kappa shape index (κ3) is 2.69. The molecule has 1 rings (SSSR count). The second kappa shape index (κ2) is 4.47. The molecular weight excluding hydrogens is 152 g/mol. The monoisotopic (exact) mass is 162 g/mol. The molecule has 1 heterocycles. The lowest BCUT2D eigenvalue weighted by atomic mass is 10.3. The van der Waals surface area contributed by atoms with E-state index in [-0.39, 0.29) is 0 Å². The Kier molecular flexibility index (Phi) is 3.24. The maximum atomic E-state index is 4.78. The predicted octanol–water partition coefficient (Wildman–Crippen LogP) is 0.783. The van der Waals surface area contributed by atoms with Gasteiger partial charge in [0.2, 0.25) is 0 Å². The number of hydrogen-bond acceptors (Lipinski definition) is 3. The highest BCUT2D eigenvalue weighted by Crippen LogP contribution is 1.92. The van der Waals surface area contributed by atoms with Crippen molar-refractivity contribution in [2.24, 2.45) is 0 Å². The van der Waals surface area contributed by atoms with Crippen LogP contribution in [0.1, 0.15) is 11.4 Å². The molecule has 0 N–H and O–H groups in total. The minimum Gasteiger partial charge on any atom is -0.372 e. The fourth-order valence-electron chi connectivity index (χ4n) is 0.722. The van der Waals surface area contributed by atoms with Crippen molar-refractivity contribution in [3.05, 3.63) is 23.8 Å². The van der Waals surface area contributed by atoms with E-state index in [4.69, 9.17) is 4.74 Å². The quantitative estimate of drug-likeness (QED) is 0.572. The van der Waals surface area contributed by atoms with E-state index in [1.165, 1.54) is 6.33 Å². The molecule has 0 bridgehead atoms. The second-order valence-corrected chi connectivity index (χ2v) is 2.28. The molecule has 0 amide bonds. The van der Waals surface area contributed by atoms with Gasteiger partial charge in [0.05, 0.1) is 0 Å². The molecule has 0 saturated carbocycles. The topological polar surface area (TPSA) is 35.0 Å². The van der Waals surface area contributed by atoms with Gasteiger partial charge in [-0.1, -0.05) is 5.92 Å². The van der Waals surface area contributed by atoms with Crippen molar-refractivity contribution in [2.75, 3.05) is 13.7 Å². The molecule has 1 aromatic rings. The standard InChI is InChI=1S/C9H10N2O/c1-8-6-9(11-7-10-8)4-3-5-12-2/h6-7H,5H2,1-2H3.